The van der Waals surface area contributed by atoms with Crippen molar-refractivity contribution in [1.82, 2.24) is 4.90 Å². The molecule has 9 heteroatoms. The molecule has 1 aliphatic rings. The van der Waals surface area contributed by atoms with Gasteiger partial charge >= 0.3 is 0 Å². The summed E-state index contributed by atoms with van der Waals surface area (Å²) in [6.07, 6.45) is 0.559. The first-order chi connectivity index (χ1) is 14.4. The summed E-state index contributed by atoms with van der Waals surface area (Å²) < 4.78 is 15.7. The number of benzene rings is 1. The fourth-order valence-electron chi connectivity index (χ4n) is 3.42. The summed E-state index contributed by atoms with van der Waals surface area (Å²) in [7, 11) is 4.44. The number of likely N-dealkylation sites (tertiary alicyclic amines) is 1. The fraction of sp³-hybridized carbons (Fsp3) is 0.333. The van der Waals surface area contributed by atoms with Crippen LogP contribution in [0.25, 0.3) is 5.76 Å². The molecule has 0 aliphatic carbocycles. The number of rotatable bonds is 8. The fourth-order valence-corrected chi connectivity index (χ4v) is 4.50. The number of Topliss-reactive ketones (excluding diaryl/α,β-unsaturated/α-hetero) is 1. The van der Waals surface area contributed by atoms with E-state index in [-0.39, 0.29) is 22.6 Å². The predicted octanol–water partition coefficient (Wildman–Crippen LogP) is 3.88. The first-order valence-corrected chi connectivity index (χ1v) is 10.4. The summed E-state index contributed by atoms with van der Waals surface area (Å²) in [6.45, 7) is 0.765. The van der Waals surface area contributed by atoms with Crippen LogP contribution in [0.5, 0.6) is 11.5 Å². The summed E-state index contributed by atoms with van der Waals surface area (Å²) in [6, 6.07) is 5.94. The van der Waals surface area contributed by atoms with E-state index in [0.717, 1.165) is 4.88 Å². The van der Waals surface area contributed by atoms with Crippen molar-refractivity contribution in [3.63, 3.8) is 0 Å². The molecule has 1 N–H and O–H groups in total. The average molecular weight is 452 g/mol. The second kappa shape index (κ2) is 9.51. The van der Waals surface area contributed by atoms with Crippen LogP contribution in [0.2, 0.25) is 5.02 Å². The molecule has 1 fully saturated rings. The molecule has 1 aliphatic heterocycles. The van der Waals surface area contributed by atoms with Crippen LogP contribution >= 0.6 is 22.9 Å². The van der Waals surface area contributed by atoms with Gasteiger partial charge in [-0.3, -0.25) is 9.59 Å². The van der Waals surface area contributed by atoms with Crippen molar-refractivity contribution in [3.8, 4) is 11.5 Å². The number of hydrogen-bond donors (Lipinski definition) is 1. The quantitative estimate of drug-likeness (QED) is 0.284. The van der Waals surface area contributed by atoms with E-state index in [1.807, 2.05) is 17.5 Å². The summed E-state index contributed by atoms with van der Waals surface area (Å²) in [5, 5.41) is 13.3. The van der Waals surface area contributed by atoms with Gasteiger partial charge in [0.1, 0.15) is 17.3 Å². The SMILES string of the molecule is COCCCN1C(=O)C(=O)/C(=C(/O)c2cc(OC)c(Cl)cc2OC)C1c1cccs1. The molecule has 1 saturated heterocycles. The summed E-state index contributed by atoms with van der Waals surface area (Å²) in [5.74, 6) is -1.19. The van der Waals surface area contributed by atoms with Gasteiger partial charge < -0.3 is 24.2 Å². The van der Waals surface area contributed by atoms with Crippen LogP contribution in [-0.4, -0.2) is 56.2 Å². The van der Waals surface area contributed by atoms with Gasteiger partial charge in [-0.15, -0.1) is 11.3 Å². The predicted molar refractivity (Wildman–Crippen MR) is 114 cm³/mol. The number of ether oxygens (including phenoxy) is 3. The van der Waals surface area contributed by atoms with E-state index in [4.69, 9.17) is 25.8 Å². The third kappa shape index (κ3) is 4.03. The van der Waals surface area contributed by atoms with E-state index in [0.29, 0.717) is 30.3 Å². The summed E-state index contributed by atoms with van der Waals surface area (Å²) in [4.78, 5) is 28.0. The molecule has 1 aromatic carbocycles. The Hall–Kier alpha value is -2.55. The lowest BCUT2D eigenvalue weighted by molar-refractivity contribution is -0.140. The number of halogens is 1. The molecule has 160 valence electrons. The number of aliphatic hydroxyl groups is 1. The standard InChI is InChI=1S/C21H22ClNO6S/c1-27-8-5-7-23-18(16-6-4-9-30-16)17(20(25)21(23)26)19(24)12-10-15(29-3)13(22)11-14(12)28-2/h4,6,9-11,18,24H,5,7-8H2,1-3H3/b19-17+. The minimum Gasteiger partial charge on any atom is -0.507 e. The molecule has 0 radical (unpaired) electrons. The summed E-state index contributed by atoms with van der Waals surface area (Å²) in [5.41, 5.74) is 0.220. The minimum atomic E-state index is -0.751. The topological polar surface area (TPSA) is 85.3 Å². The maximum absolute atomic E-state index is 13.0. The molecular formula is C21H22ClNO6S. The molecule has 0 saturated carbocycles. The molecular weight excluding hydrogens is 430 g/mol. The Kier molecular flexibility index (Phi) is 7.02. The Morgan fingerprint density at radius 3 is 2.53 bits per heavy atom. The number of methoxy groups -OCH3 is 3. The van der Waals surface area contributed by atoms with Crippen LogP contribution in [0.15, 0.2) is 35.2 Å². The molecule has 0 bridgehead atoms. The van der Waals surface area contributed by atoms with Crippen LogP contribution in [0.1, 0.15) is 22.9 Å². The van der Waals surface area contributed by atoms with Gasteiger partial charge in [-0.2, -0.15) is 0 Å². The monoisotopic (exact) mass is 451 g/mol. The number of carbonyl (C=O) groups is 2. The minimum absolute atomic E-state index is 0.00235. The van der Waals surface area contributed by atoms with E-state index in [1.165, 1.54) is 42.6 Å². The Morgan fingerprint density at radius 1 is 1.20 bits per heavy atom. The van der Waals surface area contributed by atoms with Gasteiger partial charge in [0, 0.05) is 31.2 Å². The molecule has 1 amide bonds. The third-order valence-corrected chi connectivity index (χ3v) is 6.05. The van der Waals surface area contributed by atoms with Gasteiger partial charge in [0.2, 0.25) is 0 Å². The number of thiophene rings is 1. The lowest BCUT2D eigenvalue weighted by Gasteiger charge is -2.24. The molecule has 1 atom stereocenters. The van der Waals surface area contributed by atoms with Crippen LogP contribution in [0, 0.1) is 0 Å². The largest absolute Gasteiger partial charge is 0.507 e. The molecule has 30 heavy (non-hydrogen) atoms. The van der Waals surface area contributed by atoms with Crippen LogP contribution < -0.4 is 9.47 Å². The smallest absolute Gasteiger partial charge is 0.295 e. The van der Waals surface area contributed by atoms with Crippen molar-refractivity contribution < 1.29 is 28.9 Å². The Morgan fingerprint density at radius 2 is 1.93 bits per heavy atom. The highest BCUT2D eigenvalue weighted by Gasteiger charge is 2.46. The lowest BCUT2D eigenvalue weighted by atomic mass is 9.99. The van der Waals surface area contributed by atoms with E-state index in [9.17, 15) is 14.7 Å². The van der Waals surface area contributed by atoms with Gasteiger partial charge in [0.25, 0.3) is 11.7 Å². The van der Waals surface area contributed by atoms with Gasteiger partial charge in [0.05, 0.1) is 36.4 Å². The maximum atomic E-state index is 13.0. The molecule has 2 heterocycles. The molecule has 3 rings (SSSR count). The van der Waals surface area contributed by atoms with Crippen LogP contribution in [0.4, 0.5) is 0 Å². The van der Waals surface area contributed by atoms with Crippen molar-refractivity contribution >= 4 is 40.4 Å². The lowest BCUT2D eigenvalue weighted by Crippen LogP contribution is -2.31. The molecule has 2 aromatic rings. The van der Waals surface area contributed by atoms with Crippen molar-refractivity contribution in [3.05, 3.63) is 50.7 Å². The van der Waals surface area contributed by atoms with Crippen molar-refractivity contribution in [2.45, 2.75) is 12.5 Å². The van der Waals surface area contributed by atoms with Crippen molar-refractivity contribution in [2.75, 3.05) is 34.5 Å². The Balaban J connectivity index is 2.17. The first-order valence-electron chi connectivity index (χ1n) is 9.17. The number of nitrogens with zero attached hydrogens (tertiary/aromatic N) is 1. The van der Waals surface area contributed by atoms with Gasteiger partial charge in [-0.1, -0.05) is 17.7 Å². The number of carbonyl (C=O) groups excluding carboxylic acids is 2. The Bertz CT molecular complexity index is 972. The zero-order chi connectivity index (χ0) is 21.8. The van der Waals surface area contributed by atoms with Crippen molar-refractivity contribution in [2.24, 2.45) is 0 Å². The van der Waals surface area contributed by atoms with E-state index < -0.39 is 17.7 Å². The first kappa shape index (κ1) is 22.1. The summed E-state index contributed by atoms with van der Waals surface area (Å²) >= 11 is 7.56. The van der Waals surface area contributed by atoms with Gasteiger partial charge in [-0.25, -0.2) is 0 Å². The van der Waals surface area contributed by atoms with Crippen LogP contribution in [-0.2, 0) is 14.3 Å². The van der Waals surface area contributed by atoms with Gasteiger partial charge in [0.15, 0.2) is 0 Å². The zero-order valence-corrected chi connectivity index (χ0v) is 18.4. The van der Waals surface area contributed by atoms with E-state index in [2.05, 4.69) is 0 Å². The molecule has 1 unspecified atom stereocenters. The highest BCUT2D eigenvalue weighted by molar-refractivity contribution is 7.10. The highest BCUT2D eigenvalue weighted by atomic mass is 35.5. The molecule has 7 nitrogen and oxygen atoms in total. The second-order valence-electron chi connectivity index (χ2n) is 6.54. The number of hydrogen-bond acceptors (Lipinski definition) is 7. The second-order valence-corrected chi connectivity index (χ2v) is 7.93. The third-order valence-electron chi connectivity index (χ3n) is 4.83. The van der Waals surface area contributed by atoms with Crippen LogP contribution in [0.3, 0.4) is 0 Å². The van der Waals surface area contributed by atoms with Gasteiger partial charge in [-0.05, 0) is 23.9 Å². The number of ketones is 1. The van der Waals surface area contributed by atoms with E-state index in [1.54, 1.807) is 7.11 Å². The normalized spacial score (nSPS) is 18.1. The van der Waals surface area contributed by atoms with Crippen molar-refractivity contribution in [1.29, 1.82) is 0 Å². The Labute approximate surface area is 183 Å². The number of aliphatic hydroxyl groups excluding tert-OH is 1. The number of amides is 1. The highest BCUT2D eigenvalue weighted by Crippen LogP contribution is 2.44. The maximum Gasteiger partial charge on any atom is 0.295 e. The molecule has 1 aromatic heterocycles. The average Bonchev–Trinajstić information content (AvgIpc) is 3.35. The molecule has 0 spiro atoms. The van der Waals surface area contributed by atoms with E-state index >= 15 is 0 Å². The zero-order valence-electron chi connectivity index (χ0n) is 16.8.